The summed E-state index contributed by atoms with van der Waals surface area (Å²) in [7, 11) is 0. The lowest BCUT2D eigenvalue weighted by Gasteiger charge is -2.35. The molecule has 0 unspecified atom stereocenters. The Kier molecular flexibility index (Phi) is 5.43. The number of alkyl halides is 1. The van der Waals surface area contributed by atoms with Crippen molar-refractivity contribution in [1.29, 1.82) is 0 Å². The molecule has 0 spiro atoms. The number of halogens is 1. The number of rotatable bonds is 5. The summed E-state index contributed by atoms with van der Waals surface area (Å²) in [6.07, 6.45) is 7.13. The van der Waals surface area contributed by atoms with Gasteiger partial charge in [-0.15, -0.1) is 0 Å². The molecule has 1 aromatic rings. The van der Waals surface area contributed by atoms with E-state index in [-0.39, 0.29) is 0 Å². The monoisotopic (exact) mass is 312 g/mol. The maximum atomic E-state index is 3.74. The molecule has 1 aliphatic carbocycles. The Balaban J connectivity index is 1.80. The molecule has 1 aliphatic rings. The Labute approximate surface area is 118 Å². The molecule has 0 amide bonds. The molecule has 1 saturated carbocycles. The van der Waals surface area contributed by atoms with Gasteiger partial charge >= 0.3 is 0 Å². The van der Waals surface area contributed by atoms with Crippen LogP contribution in [-0.2, 0) is 5.75 Å². The maximum Gasteiger partial charge on any atom is 0.0184 e. The minimum Gasteiger partial charge on any atom is -0.157 e. The van der Waals surface area contributed by atoms with Crippen LogP contribution < -0.4 is 0 Å². The van der Waals surface area contributed by atoms with Crippen molar-refractivity contribution in [1.82, 2.24) is 0 Å². The maximum absolute atomic E-state index is 3.74. The molecule has 0 radical (unpaired) electrons. The second-order valence-corrected chi connectivity index (χ2v) is 6.72. The minimum absolute atomic E-state index is 0.581. The topological polar surface area (TPSA) is 0 Å². The van der Waals surface area contributed by atoms with Gasteiger partial charge in [0.2, 0.25) is 0 Å². The average molecular weight is 313 g/mol. The molecule has 0 N–H and O–H groups in total. The van der Waals surface area contributed by atoms with Gasteiger partial charge in [0.15, 0.2) is 0 Å². The minimum atomic E-state index is 0.581. The largest absolute Gasteiger partial charge is 0.157 e. The van der Waals surface area contributed by atoms with E-state index < -0.39 is 0 Å². The van der Waals surface area contributed by atoms with Crippen molar-refractivity contribution in [3.63, 3.8) is 0 Å². The molecule has 94 valence electrons. The highest BCUT2D eigenvalue weighted by atomic mass is 79.9. The summed E-state index contributed by atoms with van der Waals surface area (Å²) in [4.78, 5) is 0. The Morgan fingerprint density at radius 2 is 1.76 bits per heavy atom. The smallest absolute Gasteiger partial charge is 0.0184 e. The van der Waals surface area contributed by atoms with E-state index in [0.717, 1.165) is 5.75 Å². The van der Waals surface area contributed by atoms with E-state index >= 15 is 0 Å². The fourth-order valence-corrected chi connectivity index (χ4v) is 4.95. The van der Waals surface area contributed by atoms with E-state index in [1.54, 1.807) is 0 Å². The molecule has 0 aromatic heterocycles. The van der Waals surface area contributed by atoms with E-state index in [1.807, 2.05) is 0 Å². The molecule has 1 aromatic carbocycles. The van der Waals surface area contributed by atoms with Gasteiger partial charge in [0.25, 0.3) is 0 Å². The quantitative estimate of drug-likeness (QED) is 0.668. The first kappa shape index (κ1) is 13.5. The second kappa shape index (κ2) is 6.84. The van der Waals surface area contributed by atoms with Crippen LogP contribution in [0.5, 0.6) is 0 Å². The zero-order valence-corrected chi connectivity index (χ0v) is 12.7. The Morgan fingerprint density at radius 3 is 2.41 bits per heavy atom. The van der Waals surface area contributed by atoms with Gasteiger partial charge in [0, 0.05) is 16.8 Å². The summed E-state index contributed by atoms with van der Waals surface area (Å²) in [5.41, 5.74) is 2.04. The van der Waals surface area contributed by atoms with Crippen LogP contribution in [0, 0.1) is 5.41 Å². The summed E-state index contributed by atoms with van der Waals surface area (Å²) in [5, 5.41) is 1.18. The first-order chi connectivity index (χ1) is 8.35. The van der Waals surface area contributed by atoms with Crippen molar-refractivity contribution in [3.05, 3.63) is 35.9 Å². The molecule has 0 nitrogen and oxygen atoms in total. The molecule has 2 heteroatoms. The van der Waals surface area contributed by atoms with Crippen LogP contribution >= 0.6 is 27.7 Å². The van der Waals surface area contributed by atoms with Gasteiger partial charge in [-0.25, -0.2) is 0 Å². The van der Waals surface area contributed by atoms with Crippen LogP contribution in [0.25, 0.3) is 0 Å². The van der Waals surface area contributed by atoms with Gasteiger partial charge in [0.05, 0.1) is 0 Å². The van der Waals surface area contributed by atoms with Crippen LogP contribution in [0.4, 0.5) is 0 Å². The second-order valence-electron chi connectivity index (χ2n) is 5.17. The van der Waals surface area contributed by atoms with E-state index in [1.165, 1.54) is 48.8 Å². The third-order valence-electron chi connectivity index (χ3n) is 3.72. The Morgan fingerprint density at radius 1 is 1.06 bits per heavy atom. The molecule has 0 saturated heterocycles. The number of benzene rings is 1. The van der Waals surface area contributed by atoms with Gasteiger partial charge in [0.1, 0.15) is 0 Å². The molecular weight excluding hydrogens is 292 g/mol. The van der Waals surface area contributed by atoms with Crippen LogP contribution in [-0.4, -0.2) is 11.1 Å². The van der Waals surface area contributed by atoms with E-state index in [9.17, 15) is 0 Å². The summed E-state index contributed by atoms with van der Waals surface area (Å²) in [6, 6.07) is 10.8. The third-order valence-corrected chi connectivity index (χ3v) is 6.26. The summed E-state index contributed by atoms with van der Waals surface area (Å²) in [6.45, 7) is 0. The molecule has 17 heavy (non-hydrogen) atoms. The molecule has 2 rings (SSSR count). The highest BCUT2D eigenvalue weighted by Crippen LogP contribution is 2.40. The van der Waals surface area contributed by atoms with Crippen LogP contribution in [0.15, 0.2) is 30.3 Å². The third kappa shape index (κ3) is 4.03. The van der Waals surface area contributed by atoms with E-state index in [4.69, 9.17) is 0 Å². The predicted octanol–water partition coefficient (Wildman–Crippen LogP) is 5.27. The van der Waals surface area contributed by atoms with Crippen molar-refractivity contribution in [3.8, 4) is 0 Å². The average Bonchev–Trinajstić information content (AvgIpc) is 2.41. The first-order valence-electron chi connectivity index (χ1n) is 6.52. The molecule has 0 heterocycles. The number of thioether (sulfide) groups is 1. The van der Waals surface area contributed by atoms with Gasteiger partial charge in [-0.3, -0.25) is 0 Å². The lowest BCUT2D eigenvalue weighted by atomic mass is 9.77. The predicted molar refractivity (Wildman–Crippen MR) is 81.9 cm³/mol. The first-order valence-corrected chi connectivity index (χ1v) is 8.80. The van der Waals surface area contributed by atoms with Crippen LogP contribution in [0.3, 0.4) is 0 Å². The standard InChI is InChI=1S/C15H21BrS/c16-12-15(9-5-2-6-10-15)13-17-11-14-7-3-1-4-8-14/h1,3-4,7-8H,2,5-6,9-13H2. The molecule has 0 atom stereocenters. The summed E-state index contributed by atoms with van der Waals surface area (Å²) in [5.74, 6) is 2.47. The van der Waals surface area contributed by atoms with Gasteiger partial charge in [-0.2, -0.15) is 11.8 Å². The van der Waals surface area contributed by atoms with Crippen molar-refractivity contribution in [2.45, 2.75) is 37.9 Å². The number of hydrogen-bond acceptors (Lipinski definition) is 1. The van der Waals surface area contributed by atoms with Gasteiger partial charge in [-0.05, 0) is 23.8 Å². The zero-order valence-electron chi connectivity index (χ0n) is 10.3. The molecule has 0 bridgehead atoms. The van der Waals surface area contributed by atoms with Crippen molar-refractivity contribution < 1.29 is 0 Å². The van der Waals surface area contributed by atoms with Crippen molar-refractivity contribution in [2.75, 3.05) is 11.1 Å². The van der Waals surface area contributed by atoms with E-state index in [0.29, 0.717) is 5.41 Å². The fourth-order valence-electron chi connectivity index (χ4n) is 2.58. The normalized spacial score (nSPS) is 19.1. The Hall–Kier alpha value is 0.0500. The zero-order chi connectivity index (χ0) is 12.0. The lowest BCUT2D eigenvalue weighted by molar-refractivity contribution is 0.260. The SMILES string of the molecule is BrCC1(CSCc2ccccc2)CCCCC1. The van der Waals surface area contributed by atoms with Crippen molar-refractivity contribution in [2.24, 2.45) is 5.41 Å². The van der Waals surface area contributed by atoms with Crippen LogP contribution in [0.2, 0.25) is 0 Å². The molecule has 0 aliphatic heterocycles. The summed E-state index contributed by atoms with van der Waals surface area (Å²) >= 11 is 5.85. The summed E-state index contributed by atoms with van der Waals surface area (Å²) < 4.78 is 0. The highest BCUT2D eigenvalue weighted by molar-refractivity contribution is 9.09. The van der Waals surface area contributed by atoms with Gasteiger partial charge in [-0.1, -0.05) is 65.5 Å². The van der Waals surface area contributed by atoms with Crippen LogP contribution in [0.1, 0.15) is 37.7 Å². The Bertz CT molecular complexity index is 317. The lowest BCUT2D eigenvalue weighted by Crippen LogP contribution is -2.28. The highest BCUT2D eigenvalue weighted by Gasteiger charge is 2.30. The fraction of sp³-hybridized carbons (Fsp3) is 0.600. The van der Waals surface area contributed by atoms with E-state index in [2.05, 4.69) is 58.0 Å². The molecular formula is C15H21BrS. The van der Waals surface area contributed by atoms with Gasteiger partial charge < -0.3 is 0 Å². The molecule has 1 fully saturated rings. The number of hydrogen-bond donors (Lipinski definition) is 0. The van der Waals surface area contributed by atoms with Crippen molar-refractivity contribution >= 4 is 27.7 Å².